The summed E-state index contributed by atoms with van der Waals surface area (Å²) >= 11 is 6.04. The fourth-order valence-corrected chi connectivity index (χ4v) is 2.61. The normalized spacial score (nSPS) is 12.1. The van der Waals surface area contributed by atoms with Crippen molar-refractivity contribution in [2.75, 3.05) is 0 Å². The summed E-state index contributed by atoms with van der Waals surface area (Å²) < 4.78 is 1.28. The number of aromatic nitrogens is 2. The fraction of sp³-hybridized carbons (Fsp3) is 0.111. The molecule has 2 aromatic carbocycles. The van der Waals surface area contributed by atoms with Gasteiger partial charge in [0.2, 0.25) is 0 Å². The Morgan fingerprint density at radius 2 is 1.65 bits per heavy atom. The van der Waals surface area contributed by atoms with Gasteiger partial charge in [0.15, 0.2) is 0 Å². The molecular weight excluding hydrogens is 312 g/mol. The second kappa shape index (κ2) is 6.77. The van der Waals surface area contributed by atoms with Crippen LogP contribution in [0.15, 0.2) is 71.5 Å². The van der Waals surface area contributed by atoms with Crippen LogP contribution in [0.1, 0.15) is 22.8 Å². The van der Waals surface area contributed by atoms with Crippen molar-refractivity contribution in [3.05, 3.63) is 98.9 Å². The molecule has 0 fully saturated rings. The van der Waals surface area contributed by atoms with E-state index in [4.69, 9.17) is 11.6 Å². The van der Waals surface area contributed by atoms with Crippen molar-refractivity contribution >= 4 is 11.6 Å². The third-order valence-corrected chi connectivity index (χ3v) is 3.74. The lowest BCUT2D eigenvalue weighted by atomic mass is 10.0. The molecular formula is C18H15ClN2O2. The quantitative estimate of drug-likeness (QED) is 0.801. The highest BCUT2D eigenvalue weighted by atomic mass is 35.5. The van der Waals surface area contributed by atoms with Crippen LogP contribution in [-0.4, -0.2) is 14.9 Å². The smallest absolute Gasteiger partial charge is 0.273 e. The molecule has 0 saturated heterocycles. The van der Waals surface area contributed by atoms with Gasteiger partial charge in [-0.05, 0) is 17.2 Å². The second-order valence-electron chi connectivity index (χ2n) is 5.18. The van der Waals surface area contributed by atoms with Gasteiger partial charge < -0.3 is 5.11 Å². The van der Waals surface area contributed by atoms with Crippen molar-refractivity contribution in [2.24, 2.45) is 0 Å². The maximum Gasteiger partial charge on any atom is 0.273 e. The molecule has 1 atom stereocenters. The van der Waals surface area contributed by atoms with Gasteiger partial charge >= 0.3 is 0 Å². The van der Waals surface area contributed by atoms with Crippen molar-refractivity contribution < 1.29 is 5.11 Å². The molecule has 0 aliphatic heterocycles. The number of nitrogens with zero attached hydrogens (tertiary/aromatic N) is 2. The van der Waals surface area contributed by atoms with Gasteiger partial charge in [-0.2, -0.15) is 5.10 Å². The van der Waals surface area contributed by atoms with Crippen molar-refractivity contribution in [3.63, 3.8) is 0 Å². The van der Waals surface area contributed by atoms with Crippen molar-refractivity contribution in [1.82, 2.24) is 9.78 Å². The molecule has 0 aliphatic rings. The summed E-state index contributed by atoms with van der Waals surface area (Å²) in [5.74, 6) is 0. The molecule has 4 nitrogen and oxygen atoms in total. The van der Waals surface area contributed by atoms with Gasteiger partial charge in [0.05, 0.1) is 12.1 Å². The third kappa shape index (κ3) is 3.50. The highest BCUT2D eigenvalue weighted by Gasteiger charge is 2.17. The van der Waals surface area contributed by atoms with Crippen molar-refractivity contribution in [1.29, 1.82) is 0 Å². The van der Waals surface area contributed by atoms with E-state index in [1.807, 2.05) is 48.5 Å². The van der Waals surface area contributed by atoms with E-state index < -0.39 is 6.10 Å². The molecule has 0 saturated carbocycles. The lowest BCUT2D eigenvalue weighted by Gasteiger charge is -2.13. The number of benzene rings is 2. The maximum absolute atomic E-state index is 12.6. The van der Waals surface area contributed by atoms with E-state index >= 15 is 0 Å². The van der Waals surface area contributed by atoms with Gasteiger partial charge in [-0.1, -0.05) is 72.3 Å². The average Bonchev–Trinajstić information content (AvgIpc) is 2.59. The molecule has 5 heteroatoms. The first kappa shape index (κ1) is 15.5. The van der Waals surface area contributed by atoms with Crippen molar-refractivity contribution in [2.45, 2.75) is 12.6 Å². The van der Waals surface area contributed by atoms with E-state index in [0.29, 0.717) is 12.1 Å². The largest absolute Gasteiger partial charge is 0.383 e. The van der Waals surface area contributed by atoms with Crippen LogP contribution < -0.4 is 5.56 Å². The van der Waals surface area contributed by atoms with Crippen LogP contribution >= 0.6 is 11.6 Å². The van der Waals surface area contributed by atoms with Crippen LogP contribution in [0.5, 0.6) is 0 Å². The van der Waals surface area contributed by atoms with Crippen LogP contribution in [0.4, 0.5) is 0 Å². The Bertz CT molecular complexity index is 848. The molecule has 0 aliphatic carbocycles. The average molecular weight is 327 g/mol. The molecule has 0 bridgehead atoms. The van der Waals surface area contributed by atoms with Gasteiger partial charge in [0, 0.05) is 0 Å². The summed E-state index contributed by atoms with van der Waals surface area (Å²) in [5, 5.41) is 14.7. The van der Waals surface area contributed by atoms with Gasteiger partial charge in [0.1, 0.15) is 11.3 Å². The van der Waals surface area contributed by atoms with Crippen LogP contribution in [0.25, 0.3) is 0 Å². The summed E-state index contributed by atoms with van der Waals surface area (Å²) in [6, 6.07) is 19.9. The predicted molar refractivity (Wildman–Crippen MR) is 89.6 cm³/mol. The number of aliphatic hydroxyl groups excluding tert-OH is 1. The SMILES string of the molecule is O=c1c(C(O)c2ccccc2)cc(Cl)nn1Cc1ccccc1. The molecule has 1 aromatic heterocycles. The first-order valence-corrected chi connectivity index (χ1v) is 7.57. The van der Waals surface area contributed by atoms with Gasteiger partial charge in [-0.15, -0.1) is 0 Å². The summed E-state index contributed by atoms with van der Waals surface area (Å²) in [6.45, 7) is 0.300. The number of hydrogen-bond donors (Lipinski definition) is 1. The maximum atomic E-state index is 12.6. The minimum absolute atomic E-state index is 0.172. The molecule has 1 unspecified atom stereocenters. The van der Waals surface area contributed by atoms with E-state index in [1.54, 1.807) is 12.1 Å². The van der Waals surface area contributed by atoms with E-state index in [9.17, 15) is 9.90 Å². The van der Waals surface area contributed by atoms with Gasteiger partial charge in [-0.25, -0.2) is 4.68 Å². The lowest BCUT2D eigenvalue weighted by Crippen LogP contribution is -2.28. The van der Waals surface area contributed by atoms with Crippen LogP contribution in [0.2, 0.25) is 5.15 Å². The topological polar surface area (TPSA) is 55.1 Å². The van der Waals surface area contributed by atoms with Crippen molar-refractivity contribution in [3.8, 4) is 0 Å². The van der Waals surface area contributed by atoms with Crippen LogP contribution in [-0.2, 0) is 6.54 Å². The van der Waals surface area contributed by atoms with Gasteiger partial charge in [-0.3, -0.25) is 4.79 Å². The van der Waals surface area contributed by atoms with Crippen LogP contribution in [0, 0.1) is 0 Å². The zero-order chi connectivity index (χ0) is 16.2. The molecule has 0 amide bonds. The Balaban J connectivity index is 2.01. The molecule has 3 rings (SSSR count). The highest BCUT2D eigenvalue weighted by molar-refractivity contribution is 6.29. The molecule has 1 N–H and O–H groups in total. The Morgan fingerprint density at radius 3 is 2.30 bits per heavy atom. The van der Waals surface area contributed by atoms with Crippen LogP contribution in [0.3, 0.4) is 0 Å². The first-order chi connectivity index (χ1) is 11.1. The standard InChI is InChI=1S/C18H15ClN2O2/c19-16-11-15(17(22)14-9-5-2-6-10-14)18(23)21(20-16)12-13-7-3-1-4-8-13/h1-11,17,22H,12H2. The number of hydrogen-bond acceptors (Lipinski definition) is 3. The number of aliphatic hydroxyl groups is 1. The summed E-state index contributed by atoms with van der Waals surface area (Å²) in [6.07, 6.45) is -1.04. The lowest BCUT2D eigenvalue weighted by molar-refractivity contribution is 0.217. The first-order valence-electron chi connectivity index (χ1n) is 7.19. The Hall–Kier alpha value is -2.43. The zero-order valence-corrected chi connectivity index (χ0v) is 13.0. The molecule has 0 radical (unpaired) electrons. The summed E-state index contributed by atoms with van der Waals surface area (Å²) in [7, 11) is 0. The second-order valence-corrected chi connectivity index (χ2v) is 5.57. The monoisotopic (exact) mass is 326 g/mol. The minimum atomic E-state index is -1.04. The predicted octanol–water partition coefficient (Wildman–Crippen LogP) is 3.03. The van der Waals surface area contributed by atoms with E-state index in [0.717, 1.165) is 5.56 Å². The van der Waals surface area contributed by atoms with Gasteiger partial charge in [0.25, 0.3) is 5.56 Å². The number of rotatable bonds is 4. The fourth-order valence-electron chi connectivity index (χ4n) is 2.40. The number of halogens is 1. The summed E-state index contributed by atoms with van der Waals surface area (Å²) in [5.41, 5.74) is 1.43. The molecule has 1 heterocycles. The molecule has 23 heavy (non-hydrogen) atoms. The Kier molecular flexibility index (Phi) is 4.55. The van der Waals surface area contributed by atoms with E-state index in [1.165, 1.54) is 10.7 Å². The van der Waals surface area contributed by atoms with E-state index in [-0.39, 0.29) is 16.3 Å². The zero-order valence-electron chi connectivity index (χ0n) is 12.3. The minimum Gasteiger partial charge on any atom is -0.383 e. The summed E-state index contributed by atoms with van der Waals surface area (Å²) in [4.78, 5) is 12.6. The third-order valence-electron chi connectivity index (χ3n) is 3.56. The molecule has 0 spiro atoms. The highest BCUT2D eigenvalue weighted by Crippen LogP contribution is 2.20. The Labute approximate surface area is 138 Å². The molecule has 3 aromatic rings. The Morgan fingerprint density at radius 1 is 1.04 bits per heavy atom. The molecule has 116 valence electrons. The van der Waals surface area contributed by atoms with E-state index in [2.05, 4.69) is 5.10 Å².